The molecule has 2 saturated carbocycles. The molecule has 0 spiro atoms. The molecule has 0 amide bonds. The Morgan fingerprint density at radius 2 is 2.04 bits per heavy atom. The molecular weight excluding hydrogens is 324 g/mol. The van der Waals surface area contributed by atoms with E-state index in [9.17, 15) is 9.90 Å². The van der Waals surface area contributed by atoms with Gasteiger partial charge in [0.15, 0.2) is 5.78 Å². The van der Waals surface area contributed by atoms with Crippen LogP contribution in [0.2, 0.25) is 0 Å². The molecule has 4 atom stereocenters. The molecule has 142 valence electrons. The van der Waals surface area contributed by atoms with Crippen LogP contribution in [0.5, 0.6) is 11.5 Å². The van der Waals surface area contributed by atoms with Crippen molar-refractivity contribution in [1.82, 2.24) is 0 Å². The maximum atomic E-state index is 12.4. The quantitative estimate of drug-likeness (QED) is 0.549. The molecule has 0 aromatic heterocycles. The van der Waals surface area contributed by atoms with Crippen LogP contribution in [0.15, 0.2) is 6.07 Å². The number of fused-ring (bicyclic) bond motifs is 2. The van der Waals surface area contributed by atoms with Gasteiger partial charge >= 0.3 is 0 Å². The molecule has 1 aromatic carbocycles. The number of hydrogen-bond donors (Lipinski definition) is 1. The first-order valence-electron chi connectivity index (χ1n) is 10.3. The zero-order valence-corrected chi connectivity index (χ0v) is 16.8. The first kappa shape index (κ1) is 17.9. The first-order chi connectivity index (χ1) is 12.2. The largest absolute Gasteiger partial charge is 0.507 e. The number of hydrogen-bond acceptors (Lipinski definition) is 3. The minimum absolute atomic E-state index is 0.0368. The van der Waals surface area contributed by atoms with Gasteiger partial charge in [0, 0.05) is 17.4 Å². The summed E-state index contributed by atoms with van der Waals surface area (Å²) in [7, 11) is 0. The lowest BCUT2D eigenvalue weighted by Crippen LogP contribution is -2.59. The van der Waals surface area contributed by atoms with Crippen molar-refractivity contribution in [3.8, 4) is 11.5 Å². The van der Waals surface area contributed by atoms with Crippen molar-refractivity contribution in [3.63, 3.8) is 0 Å². The van der Waals surface area contributed by atoms with Crippen LogP contribution < -0.4 is 4.74 Å². The molecular formula is C23H32O3. The third kappa shape index (κ3) is 2.21. The van der Waals surface area contributed by atoms with Crippen molar-refractivity contribution < 1.29 is 14.6 Å². The molecule has 26 heavy (non-hydrogen) atoms. The molecule has 0 radical (unpaired) electrons. The molecule has 3 heteroatoms. The van der Waals surface area contributed by atoms with E-state index >= 15 is 0 Å². The normalized spacial score (nSPS) is 33.0. The number of unbranched alkanes of at least 4 members (excludes halogenated alkanes) is 2. The lowest BCUT2D eigenvalue weighted by atomic mass is 9.45. The van der Waals surface area contributed by atoms with E-state index in [0.717, 1.165) is 49.0 Å². The second-order valence-electron chi connectivity index (χ2n) is 9.57. The molecule has 3 nitrogen and oxygen atoms in total. The van der Waals surface area contributed by atoms with Crippen LogP contribution in [0, 0.1) is 17.3 Å². The fraction of sp³-hybridized carbons (Fsp3) is 0.696. The number of aromatic hydroxyl groups is 1. The second-order valence-corrected chi connectivity index (χ2v) is 9.57. The van der Waals surface area contributed by atoms with Gasteiger partial charge in [-0.3, -0.25) is 4.79 Å². The van der Waals surface area contributed by atoms with Crippen LogP contribution in [0.3, 0.4) is 0 Å². The van der Waals surface area contributed by atoms with E-state index in [2.05, 4.69) is 33.8 Å². The van der Waals surface area contributed by atoms with E-state index in [4.69, 9.17) is 4.74 Å². The van der Waals surface area contributed by atoms with E-state index in [1.807, 2.05) is 0 Å². The lowest BCUT2D eigenvalue weighted by molar-refractivity contribution is -0.121. The Labute approximate surface area is 157 Å². The molecule has 1 heterocycles. The molecule has 4 rings (SSSR count). The molecule has 1 unspecified atom stereocenters. The lowest BCUT2D eigenvalue weighted by Gasteiger charge is -2.62. The molecule has 3 aliphatic rings. The van der Waals surface area contributed by atoms with E-state index in [0.29, 0.717) is 17.4 Å². The van der Waals surface area contributed by atoms with E-state index in [1.165, 1.54) is 6.42 Å². The van der Waals surface area contributed by atoms with E-state index < -0.39 is 0 Å². The molecule has 2 aliphatic carbocycles. The first-order valence-corrected chi connectivity index (χ1v) is 10.3. The van der Waals surface area contributed by atoms with Gasteiger partial charge in [-0.05, 0) is 62.5 Å². The summed E-state index contributed by atoms with van der Waals surface area (Å²) in [6.45, 7) is 10.6. The Kier molecular flexibility index (Phi) is 3.95. The van der Waals surface area contributed by atoms with Crippen LogP contribution in [0.4, 0.5) is 0 Å². The highest BCUT2D eigenvalue weighted by atomic mass is 16.5. The van der Waals surface area contributed by atoms with Gasteiger partial charge in [0.1, 0.15) is 17.1 Å². The van der Waals surface area contributed by atoms with Gasteiger partial charge in [0.2, 0.25) is 0 Å². The number of rotatable bonds is 5. The Balaban J connectivity index is 1.85. The van der Waals surface area contributed by atoms with Crippen molar-refractivity contribution in [3.05, 3.63) is 22.8 Å². The smallest absolute Gasteiger partial charge is 0.163 e. The summed E-state index contributed by atoms with van der Waals surface area (Å²) in [5, 5.41) is 11.2. The fourth-order valence-corrected chi connectivity index (χ4v) is 6.38. The number of ketones is 1. The Hall–Kier alpha value is -1.51. The Bertz CT molecular complexity index is 763. The minimum atomic E-state index is -0.122. The van der Waals surface area contributed by atoms with Crippen LogP contribution in [-0.4, -0.2) is 16.5 Å². The highest BCUT2D eigenvalue weighted by molar-refractivity contribution is 5.99. The number of phenolic OH excluding ortho intramolecular Hbond substituents is 1. The zero-order chi connectivity index (χ0) is 18.9. The fourth-order valence-electron chi connectivity index (χ4n) is 6.38. The van der Waals surface area contributed by atoms with Gasteiger partial charge in [-0.15, -0.1) is 0 Å². The zero-order valence-electron chi connectivity index (χ0n) is 16.8. The predicted molar refractivity (Wildman–Crippen MR) is 103 cm³/mol. The second kappa shape index (κ2) is 5.74. The summed E-state index contributed by atoms with van der Waals surface area (Å²) in [5.41, 5.74) is 2.42. The van der Waals surface area contributed by atoms with Crippen LogP contribution in [0.25, 0.3) is 0 Å². The summed E-state index contributed by atoms with van der Waals surface area (Å²) in [6, 6.07) is 2.07. The van der Waals surface area contributed by atoms with Crippen molar-refractivity contribution in [2.45, 2.75) is 84.7 Å². The number of benzene rings is 1. The number of aryl methyl sites for hydroxylation is 1. The maximum Gasteiger partial charge on any atom is 0.163 e. The summed E-state index contributed by atoms with van der Waals surface area (Å²) in [5.74, 6) is 2.39. The standard InChI is InChI=1S/C23H32O3/c1-6-7-8-9-14-12-16-18(21(25)17(14)13(2)24)20-19-15(22(20,3)4)10-11-23(19,5)26-16/h12,15,19-20,25H,6-11H2,1-5H3/t15?,19-,20-,23-/m1/s1. The van der Waals surface area contributed by atoms with Crippen molar-refractivity contribution >= 4 is 5.78 Å². The van der Waals surface area contributed by atoms with Gasteiger partial charge in [-0.25, -0.2) is 0 Å². The predicted octanol–water partition coefficient (Wildman–Crippen LogP) is 5.63. The molecule has 0 bridgehead atoms. The molecule has 0 saturated heterocycles. The van der Waals surface area contributed by atoms with Crippen LogP contribution in [0.1, 0.15) is 94.1 Å². The average Bonchev–Trinajstić information content (AvgIpc) is 2.88. The van der Waals surface area contributed by atoms with Crippen molar-refractivity contribution in [1.29, 1.82) is 0 Å². The monoisotopic (exact) mass is 356 g/mol. The van der Waals surface area contributed by atoms with Crippen molar-refractivity contribution in [2.24, 2.45) is 17.3 Å². The number of carbonyl (C=O) groups is 1. The average molecular weight is 357 g/mol. The highest BCUT2D eigenvalue weighted by Gasteiger charge is 2.69. The molecule has 1 aliphatic heterocycles. The number of carbonyl (C=O) groups excluding carboxylic acids is 1. The van der Waals surface area contributed by atoms with Gasteiger partial charge in [0.05, 0.1) is 5.56 Å². The number of ether oxygens (including phenoxy) is 1. The summed E-state index contributed by atoms with van der Waals surface area (Å²) >= 11 is 0. The SMILES string of the molecule is CCCCCc1cc2c(c(O)c1C(C)=O)[C@@H]1[C@H]3C(CC[C@@]3(C)O2)C1(C)C. The van der Waals surface area contributed by atoms with Crippen LogP contribution >= 0.6 is 0 Å². The maximum absolute atomic E-state index is 12.4. The van der Waals surface area contributed by atoms with E-state index in [1.54, 1.807) is 6.92 Å². The van der Waals surface area contributed by atoms with Crippen LogP contribution in [-0.2, 0) is 6.42 Å². The van der Waals surface area contributed by atoms with Crippen molar-refractivity contribution in [2.75, 3.05) is 0 Å². The third-order valence-electron chi connectivity index (χ3n) is 7.65. The van der Waals surface area contributed by atoms with Gasteiger partial charge in [0.25, 0.3) is 0 Å². The van der Waals surface area contributed by atoms with Gasteiger partial charge in [-0.1, -0.05) is 33.6 Å². The minimum Gasteiger partial charge on any atom is -0.507 e. The Morgan fingerprint density at radius 3 is 2.69 bits per heavy atom. The molecule has 1 aromatic rings. The number of Topliss-reactive ketones (excluding diaryl/α,β-unsaturated/α-hetero) is 1. The Morgan fingerprint density at radius 1 is 1.31 bits per heavy atom. The van der Waals surface area contributed by atoms with Gasteiger partial charge < -0.3 is 9.84 Å². The van der Waals surface area contributed by atoms with E-state index in [-0.39, 0.29) is 28.5 Å². The van der Waals surface area contributed by atoms with Gasteiger partial charge in [-0.2, -0.15) is 0 Å². The highest BCUT2D eigenvalue weighted by Crippen LogP contribution is 2.74. The molecule has 2 fully saturated rings. The summed E-state index contributed by atoms with van der Waals surface area (Å²) in [4.78, 5) is 12.4. The summed E-state index contributed by atoms with van der Waals surface area (Å²) < 4.78 is 6.53. The molecule has 1 N–H and O–H groups in total. The number of phenols is 1. The topological polar surface area (TPSA) is 46.5 Å². The summed E-state index contributed by atoms with van der Waals surface area (Å²) in [6.07, 6.45) is 6.41. The third-order valence-corrected chi connectivity index (χ3v) is 7.65.